The molecule has 4 N–H and O–H groups in total. The SMILES string of the molecule is CCNCCCCNC/C=C/CNCCCCNC.Cl.Cl.Cl.Cl. The highest BCUT2D eigenvalue weighted by molar-refractivity contribution is 5.86. The van der Waals surface area contributed by atoms with Crippen LogP contribution in [0.1, 0.15) is 32.6 Å². The molecule has 0 aromatic carbocycles. The van der Waals surface area contributed by atoms with Crippen molar-refractivity contribution in [1.29, 1.82) is 0 Å². The van der Waals surface area contributed by atoms with Crippen LogP contribution in [0.25, 0.3) is 0 Å². The Balaban J connectivity index is -0.000000270. The lowest BCUT2D eigenvalue weighted by molar-refractivity contribution is 0.608. The zero-order valence-electron chi connectivity index (χ0n) is 14.6. The summed E-state index contributed by atoms with van der Waals surface area (Å²) in [6, 6.07) is 0. The van der Waals surface area contributed by atoms with Gasteiger partial charge in [0.05, 0.1) is 0 Å². The van der Waals surface area contributed by atoms with Crippen molar-refractivity contribution in [3.63, 3.8) is 0 Å². The van der Waals surface area contributed by atoms with Gasteiger partial charge in [0.2, 0.25) is 0 Å². The lowest BCUT2D eigenvalue weighted by Gasteiger charge is -2.03. The number of unbranched alkanes of at least 4 members (excludes halogenated alkanes) is 2. The molecule has 8 heteroatoms. The van der Waals surface area contributed by atoms with Crippen LogP contribution in [0.4, 0.5) is 0 Å². The topological polar surface area (TPSA) is 48.1 Å². The molecule has 0 aromatic rings. The standard InChI is InChI=1S/C15H34N4.4ClH/c1-3-17-11-6-7-13-19-15-9-8-14-18-12-5-4-10-16-2;;;;/h8-9,16-19H,3-7,10-15H2,1-2H3;4*1H/b9-8+;;;;. The van der Waals surface area contributed by atoms with Crippen LogP contribution in [-0.4, -0.2) is 52.9 Å². The first-order valence-corrected chi connectivity index (χ1v) is 7.83. The highest BCUT2D eigenvalue weighted by Gasteiger charge is 1.87. The van der Waals surface area contributed by atoms with Crippen molar-refractivity contribution in [2.24, 2.45) is 0 Å². The van der Waals surface area contributed by atoms with Gasteiger partial charge in [-0.05, 0) is 65.5 Å². The van der Waals surface area contributed by atoms with Crippen LogP contribution in [0, 0.1) is 0 Å². The van der Waals surface area contributed by atoms with Gasteiger partial charge >= 0.3 is 0 Å². The van der Waals surface area contributed by atoms with Gasteiger partial charge in [0.15, 0.2) is 0 Å². The molecule has 0 spiro atoms. The van der Waals surface area contributed by atoms with Crippen molar-refractivity contribution >= 4 is 49.6 Å². The second-order valence-corrected chi connectivity index (χ2v) is 4.75. The van der Waals surface area contributed by atoms with E-state index in [-0.39, 0.29) is 49.6 Å². The summed E-state index contributed by atoms with van der Waals surface area (Å²) in [6.45, 7) is 9.71. The first-order valence-electron chi connectivity index (χ1n) is 7.83. The Hall–Kier alpha value is 0.740. The second kappa shape index (κ2) is 34.2. The molecule has 0 saturated carbocycles. The summed E-state index contributed by atoms with van der Waals surface area (Å²) in [7, 11) is 2.00. The first kappa shape index (κ1) is 35.0. The van der Waals surface area contributed by atoms with E-state index in [1.54, 1.807) is 0 Å². The molecule has 0 aromatic heterocycles. The molecule has 23 heavy (non-hydrogen) atoms. The molecule has 0 heterocycles. The van der Waals surface area contributed by atoms with Gasteiger partial charge in [-0.3, -0.25) is 0 Å². The maximum atomic E-state index is 3.43. The fourth-order valence-corrected chi connectivity index (χ4v) is 1.77. The zero-order chi connectivity index (χ0) is 14.0. The Morgan fingerprint density at radius 1 is 0.609 bits per heavy atom. The molecule has 0 rings (SSSR count). The van der Waals surface area contributed by atoms with Gasteiger partial charge in [-0.1, -0.05) is 19.1 Å². The quantitative estimate of drug-likeness (QED) is 0.245. The minimum Gasteiger partial charge on any atom is -0.320 e. The molecule has 0 amide bonds. The largest absolute Gasteiger partial charge is 0.320 e. The highest BCUT2D eigenvalue weighted by atomic mass is 35.5. The van der Waals surface area contributed by atoms with E-state index < -0.39 is 0 Å². The third-order valence-corrected chi connectivity index (χ3v) is 2.93. The molecule has 0 aliphatic carbocycles. The van der Waals surface area contributed by atoms with E-state index in [0.717, 1.165) is 45.8 Å². The molecule has 0 aliphatic rings. The Labute approximate surface area is 168 Å². The third kappa shape index (κ3) is 34.9. The molecule has 0 fully saturated rings. The van der Waals surface area contributed by atoms with E-state index in [0.29, 0.717) is 0 Å². The zero-order valence-corrected chi connectivity index (χ0v) is 17.8. The van der Waals surface area contributed by atoms with Crippen LogP contribution < -0.4 is 21.3 Å². The van der Waals surface area contributed by atoms with Gasteiger partial charge in [0.1, 0.15) is 0 Å². The molecule has 4 nitrogen and oxygen atoms in total. The number of halogens is 4. The van der Waals surface area contributed by atoms with Crippen molar-refractivity contribution in [2.75, 3.05) is 52.9 Å². The van der Waals surface area contributed by atoms with E-state index in [1.165, 1.54) is 25.7 Å². The predicted octanol–water partition coefficient (Wildman–Crippen LogP) is 2.80. The van der Waals surface area contributed by atoms with E-state index in [2.05, 4.69) is 40.3 Å². The fourth-order valence-electron chi connectivity index (χ4n) is 1.77. The summed E-state index contributed by atoms with van der Waals surface area (Å²) in [5, 5.41) is 13.3. The van der Waals surface area contributed by atoms with Gasteiger partial charge in [0.25, 0.3) is 0 Å². The Morgan fingerprint density at radius 3 is 1.39 bits per heavy atom. The van der Waals surface area contributed by atoms with Gasteiger partial charge in [-0.2, -0.15) is 0 Å². The molecular weight excluding hydrogens is 378 g/mol. The van der Waals surface area contributed by atoms with Crippen LogP contribution in [0.2, 0.25) is 0 Å². The summed E-state index contributed by atoms with van der Waals surface area (Å²) in [4.78, 5) is 0. The maximum absolute atomic E-state index is 3.43. The number of rotatable bonds is 15. The van der Waals surface area contributed by atoms with Crippen LogP contribution in [0.5, 0.6) is 0 Å². The van der Waals surface area contributed by atoms with Gasteiger partial charge in [0, 0.05) is 13.1 Å². The average molecular weight is 416 g/mol. The molecule has 0 radical (unpaired) electrons. The lowest BCUT2D eigenvalue weighted by Crippen LogP contribution is -2.19. The molecule has 0 unspecified atom stereocenters. The van der Waals surface area contributed by atoms with Gasteiger partial charge in [-0.25, -0.2) is 0 Å². The van der Waals surface area contributed by atoms with Gasteiger partial charge in [-0.15, -0.1) is 49.6 Å². The molecular formula is C15H38Cl4N4. The Kier molecular flexibility index (Phi) is 51.9. The van der Waals surface area contributed by atoms with Crippen molar-refractivity contribution in [3.8, 4) is 0 Å². The summed E-state index contributed by atoms with van der Waals surface area (Å²) in [5.74, 6) is 0. The van der Waals surface area contributed by atoms with Crippen LogP contribution in [0.15, 0.2) is 12.2 Å². The summed E-state index contributed by atoms with van der Waals surface area (Å²) >= 11 is 0. The van der Waals surface area contributed by atoms with E-state index in [9.17, 15) is 0 Å². The lowest BCUT2D eigenvalue weighted by atomic mass is 10.3. The molecule has 146 valence electrons. The summed E-state index contributed by atoms with van der Waals surface area (Å²) in [5.41, 5.74) is 0. The smallest absolute Gasteiger partial charge is 0.0135 e. The van der Waals surface area contributed by atoms with E-state index in [4.69, 9.17) is 0 Å². The first-order chi connectivity index (χ1) is 9.41. The van der Waals surface area contributed by atoms with E-state index in [1.807, 2.05) is 7.05 Å². The maximum Gasteiger partial charge on any atom is 0.0135 e. The molecule has 0 saturated heterocycles. The summed E-state index contributed by atoms with van der Waals surface area (Å²) < 4.78 is 0. The monoisotopic (exact) mass is 414 g/mol. The van der Waals surface area contributed by atoms with Crippen molar-refractivity contribution in [2.45, 2.75) is 32.6 Å². The third-order valence-electron chi connectivity index (χ3n) is 2.93. The van der Waals surface area contributed by atoms with Crippen LogP contribution in [0.3, 0.4) is 0 Å². The number of hydrogen-bond donors (Lipinski definition) is 4. The van der Waals surface area contributed by atoms with Crippen molar-refractivity contribution in [1.82, 2.24) is 21.3 Å². The Bertz CT molecular complexity index is 198. The fraction of sp³-hybridized carbons (Fsp3) is 0.867. The number of nitrogens with one attached hydrogen (secondary N) is 4. The molecule has 0 aliphatic heterocycles. The van der Waals surface area contributed by atoms with Crippen LogP contribution >= 0.6 is 49.6 Å². The van der Waals surface area contributed by atoms with Crippen molar-refractivity contribution in [3.05, 3.63) is 12.2 Å². The van der Waals surface area contributed by atoms with E-state index >= 15 is 0 Å². The van der Waals surface area contributed by atoms with Crippen LogP contribution in [-0.2, 0) is 0 Å². The Morgan fingerprint density at radius 2 is 1.00 bits per heavy atom. The van der Waals surface area contributed by atoms with Gasteiger partial charge < -0.3 is 21.3 Å². The van der Waals surface area contributed by atoms with Crippen molar-refractivity contribution < 1.29 is 0 Å². The summed E-state index contributed by atoms with van der Waals surface area (Å²) in [6.07, 6.45) is 9.44. The predicted molar refractivity (Wildman–Crippen MR) is 115 cm³/mol. The minimum atomic E-state index is 0. The average Bonchev–Trinajstić information content (AvgIpc) is 2.43. The minimum absolute atomic E-state index is 0. The number of hydrogen-bond acceptors (Lipinski definition) is 4. The normalized spacial score (nSPS) is 9.48. The molecule has 0 atom stereocenters. The second-order valence-electron chi connectivity index (χ2n) is 4.75. The highest BCUT2D eigenvalue weighted by Crippen LogP contribution is 1.85. The molecule has 0 bridgehead atoms.